The third kappa shape index (κ3) is 6.42. The maximum absolute atomic E-state index is 12.2. The van der Waals surface area contributed by atoms with Crippen LogP contribution in [0.15, 0.2) is 36.4 Å². The van der Waals surface area contributed by atoms with Crippen LogP contribution >= 0.6 is 0 Å². The van der Waals surface area contributed by atoms with E-state index in [1.54, 1.807) is 20.3 Å². The van der Waals surface area contributed by atoms with E-state index in [4.69, 9.17) is 18.9 Å². The molecule has 2 aliphatic carbocycles. The summed E-state index contributed by atoms with van der Waals surface area (Å²) in [6, 6.07) is 10.5. The Balaban J connectivity index is 1.61. The summed E-state index contributed by atoms with van der Waals surface area (Å²) in [5.41, 5.74) is 1.61. The molecule has 2 saturated carbocycles. The molecule has 0 radical (unpaired) electrons. The molecule has 2 fully saturated rings. The van der Waals surface area contributed by atoms with Crippen molar-refractivity contribution < 1.29 is 33.6 Å². The van der Waals surface area contributed by atoms with Crippen LogP contribution in [0.25, 0.3) is 0 Å². The fourth-order valence-electron chi connectivity index (χ4n) is 5.02. The summed E-state index contributed by atoms with van der Waals surface area (Å²) in [6.45, 7) is 0. The summed E-state index contributed by atoms with van der Waals surface area (Å²) in [6.07, 6.45) is 9.22. The third-order valence-electron chi connectivity index (χ3n) is 6.95. The van der Waals surface area contributed by atoms with Crippen molar-refractivity contribution in [1.29, 1.82) is 0 Å². The van der Waals surface area contributed by atoms with Gasteiger partial charge in [-0.2, -0.15) is 0 Å². The monoisotopic (exact) mass is 497 g/mol. The summed E-state index contributed by atoms with van der Waals surface area (Å²) >= 11 is 0. The number of carbonyl (C=O) groups excluding carboxylic acids is 1. The summed E-state index contributed by atoms with van der Waals surface area (Å²) in [4.78, 5) is 23.5. The van der Waals surface area contributed by atoms with Gasteiger partial charge in [0.2, 0.25) is 0 Å². The van der Waals surface area contributed by atoms with Gasteiger partial charge in [-0.1, -0.05) is 12.1 Å². The molecule has 0 bridgehead atoms. The van der Waals surface area contributed by atoms with Gasteiger partial charge in [0.1, 0.15) is 0 Å². The SMILES string of the molecule is COc1ccc(CC(NC(=O)C(=O)O)c2ccc(OC)c(OC3CCCC3)c2)cc1OC1CCCC1. The lowest BCUT2D eigenvalue weighted by Crippen LogP contribution is -2.35. The van der Waals surface area contributed by atoms with Crippen LogP contribution in [0, 0.1) is 0 Å². The zero-order valence-electron chi connectivity index (χ0n) is 21.0. The number of nitrogens with one attached hydrogen (secondary N) is 1. The van der Waals surface area contributed by atoms with Gasteiger partial charge in [0.15, 0.2) is 23.0 Å². The smallest absolute Gasteiger partial charge is 0.394 e. The lowest BCUT2D eigenvalue weighted by Gasteiger charge is -2.22. The first-order chi connectivity index (χ1) is 17.5. The van der Waals surface area contributed by atoms with E-state index in [0.29, 0.717) is 29.4 Å². The summed E-state index contributed by atoms with van der Waals surface area (Å²) in [7, 11) is 3.19. The summed E-state index contributed by atoms with van der Waals surface area (Å²) in [5.74, 6) is -0.0956. The molecular formula is C28H35NO7. The van der Waals surface area contributed by atoms with E-state index in [1.165, 1.54) is 0 Å². The first-order valence-corrected chi connectivity index (χ1v) is 12.7. The molecule has 8 heteroatoms. The number of carboxylic acid groups (broad SMARTS) is 1. The molecule has 2 aromatic rings. The Morgan fingerprint density at radius 1 is 0.833 bits per heavy atom. The van der Waals surface area contributed by atoms with Crippen LogP contribution < -0.4 is 24.3 Å². The molecule has 36 heavy (non-hydrogen) atoms. The number of benzene rings is 2. The van der Waals surface area contributed by atoms with Crippen LogP contribution in [-0.4, -0.2) is 43.4 Å². The maximum atomic E-state index is 12.2. The molecule has 1 amide bonds. The van der Waals surface area contributed by atoms with Crippen molar-refractivity contribution in [2.75, 3.05) is 14.2 Å². The number of hydrogen-bond donors (Lipinski definition) is 2. The van der Waals surface area contributed by atoms with Crippen LogP contribution in [0.2, 0.25) is 0 Å². The van der Waals surface area contributed by atoms with Gasteiger partial charge >= 0.3 is 11.9 Å². The molecule has 8 nitrogen and oxygen atoms in total. The first-order valence-electron chi connectivity index (χ1n) is 12.7. The average Bonchev–Trinajstić information content (AvgIpc) is 3.58. The van der Waals surface area contributed by atoms with Crippen LogP contribution in [0.3, 0.4) is 0 Å². The minimum atomic E-state index is -1.53. The number of rotatable bonds is 10. The van der Waals surface area contributed by atoms with Crippen molar-refractivity contribution in [3.63, 3.8) is 0 Å². The van der Waals surface area contributed by atoms with Gasteiger partial charge in [0.05, 0.1) is 32.5 Å². The van der Waals surface area contributed by atoms with Crippen LogP contribution in [0.1, 0.15) is 68.5 Å². The van der Waals surface area contributed by atoms with E-state index in [2.05, 4.69) is 5.32 Å². The molecule has 1 atom stereocenters. The van der Waals surface area contributed by atoms with Gasteiger partial charge in [-0.3, -0.25) is 4.79 Å². The predicted octanol–water partition coefficient (Wildman–Crippen LogP) is 4.83. The van der Waals surface area contributed by atoms with Crippen LogP contribution in [0.4, 0.5) is 0 Å². The average molecular weight is 498 g/mol. The number of amides is 1. The first kappa shape index (κ1) is 25.7. The molecule has 0 saturated heterocycles. The Labute approximate surface area is 211 Å². The fraction of sp³-hybridized carbons (Fsp3) is 0.500. The molecule has 2 aromatic carbocycles. The number of carboxylic acids is 1. The van der Waals surface area contributed by atoms with Crippen molar-refractivity contribution >= 4 is 11.9 Å². The molecule has 0 heterocycles. The molecule has 0 aliphatic heterocycles. The molecule has 4 rings (SSSR count). The molecule has 1 unspecified atom stereocenters. The lowest BCUT2D eigenvalue weighted by atomic mass is 9.97. The number of hydrogen-bond acceptors (Lipinski definition) is 6. The standard InChI is InChI=1S/C28H35NO7/c1-33-23-13-11-18(16-25(23)35-20-7-3-4-8-20)15-22(29-27(30)28(31)32)19-12-14-24(34-2)26(17-19)36-21-9-5-6-10-21/h11-14,16-17,20-22H,3-10,15H2,1-2H3,(H,29,30)(H,31,32). The highest BCUT2D eigenvalue weighted by Gasteiger charge is 2.24. The number of carbonyl (C=O) groups is 2. The number of aliphatic carboxylic acids is 1. The number of methoxy groups -OCH3 is 2. The van der Waals surface area contributed by atoms with Gasteiger partial charge in [-0.15, -0.1) is 0 Å². The van der Waals surface area contributed by atoms with Gasteiger partial charge < -0.3 is 29.4 Å². The highest BCUT2D eigenvalue weighted by Crippen LogP contribution is 2.36. The summed E-state index contributed by atoms with van der Waals surface area (Å²) in [5, 5.41) is 11.9. The maximum Gasteiger partial charge on any atom is 0.394 e. The van der Waals surface area contributed by atoms with E-state index < -0.39 is 17.9 Å². The van der Waals surface area contributed by atoms with Crippen molar-refractivity contribution in [3.05, 3.63) is 47.5 Å². The van der Waals surface area contributed by atoms with E-state index in [9.17, 15) is 14.7 Å². The number of ether oxygens (including phenoxy) is 4. The van der Waals surface area contributed by atoms with E-state index >= 15 is 0 Å². The molecule has 0 spiro atoms. The second-order valence-electron chi connectivity index (χ2n) is 9.48. The molecule has 2 N–H and O–H groups in total. The normalized spacial score (nSPS) is 16.9. The molecule has 2 aliphatic rings. The van der Waals surface area contributed by atoms with Gasteiger partial charge in [0.25, 0.3) is 0 Å². The second-order valence-corrected chi connectivity index (χ2v) is 9.48. The summed E-state index contributed by atoms with van der Waals surface area (Å²) < 4.78 is 23.4. The third-order valence-corrected chi connectivity index (χ3v) is 6.95. The van der Waals surface area contributed by atoms with E-state index in [1.807, 2.05) is 30.3 Å². The molecule has 194 valence electrons. The fourth-order valence-corrected chi connectivity index (χ4v) is 5.02. The highest BCUT2D eigenvalue weighted by molar-refractivity contribution is 6.31. The van der Waals surface area contributed by atoms with Gasteiger partial charge in [0, 0.05) is 0 Å². The molecule has 0 aromatic heterocycles. The quantitative estimate of drug-likeness (QED) is 0.453. The lowest BCUT2D eigenvalue weighted by molar-refractivity contribution is -0.150. The minimum absolute atomic E-state index is 0.123. The Bertz CT molecular complexity index is 1060. The Morgan fingerprint density at radius 2 is 1.36 bits per heavy atom. The van der Waals surface area contributed by atoms with Crippen LogP contribution in [0.5, 0.6) is 23.0 Å². The van der Waals surface area contributed by atoms with Gasteiger partial charge in [-0.25, -0.2) is 4.79 Å². The van der Waals surface area contributed by atoms with Crippen molar-refractivity contribution in [2.24, 2.45) is 0 Å². The van der Waals surface area contributed by atoms with E-state index in [0.717, 1.165) is 62.5 Å². The largest absolute Gasteiger partial charge is 0.493 e. The van der Waals surface area contributed by atoms with Crippen LogP contribution in [-0.2, 0) is 16.0 Å². The Kier molecular flexibility index (Phi) is 8.57. The van der Waals surface area contributed by atoms with Crippen molar-refractivity contribution in [3.8, 4) is 23.0 Å². The zero-order chi connectivity index (χ0) is 25.5. The highest BCUT2D eigenvalue weighted by atomic mass is 16.5. The Hall–Kier alpha value is -3.42. The van der Waals surface area contributed by atoms with Crippen molar-refractivity contribution in [2.45, 2.75) is 76.0 Å². The van der Waals surface area contributed by atoms with E-state index in [-0.39, 0.29) is 12.2 Å². The van der Waals surface area contributed by atoms with Gasteiger partial charge in [-0.05, 0) is 93.2 Å². The minimum Gasteiger partial charge on any atom is -0.493 e. The second kappa shape index (κ2) is 12.0. The predicted molar refractivity (Wildman–Crippen MR) is 134 cm³/mol. The zero-order valence-corrected chi connectivity index (χ0v) is 21.0. The molecular weight excluding hydrogens is 462 g/mol. The Morgan fingerprint density at radius 3 is 1.89 bits per heavy atom. The van der Waals surface area contributed by atoms with Crippen molar-refractivity contribution in [1.82, 2.24) is 5.32 Å². The topological polar surface area (TPSA) is 103 Å².